The van der Waals surface area contributed by atoms with Crippen LogP contribution in [-0.2, 0) is 13.0 Å². The van der Waals surface area contributed by atoms with Crippen LogP contribution < -0.4 is 9.47 Å². The van der Waals surface area contributed by atoms with Crippen molar-refractivity contribution in [2.24, 2.45) is 0 Å². The van der Waals surface area contributed by atoms with Gasteiger partial charge in [-0.2, -0.15) is 0 Å². The summed E-state index contributed by atoms with van der Waals surface area (Å²) in [6.07, 6.45) is 0.811. The zero-order valence-electron chi connectivity index (χ0n) is 19.2. The maximum absolute atomic E-state index is 6.47. The van der Waals surface area contributed by atoms with Gasteiger partial charge in [-0.05, 0) is 37.0 Å². The standard InChI is InChI=1S/C30H29O2/c1-5-24-19-27(25-15-11-21(2)12-16-25)30(31-4)28(26-17-13-22(3)14-18-26)29(24)32-20-23-9-7-6-8-10-23/h6-18H,5,20H2,1-4H3. The van der Waals surface area contributed by atoms with Crippen molar-refractivity contribution in [3.8, 4) is 33.8 Å². The molecule has 2 heteroatoms. The normalized spacial score (nSPS) is 10.8. The lowest BCUT2D eigenvalue weighted by atomic mass is 9.91. The molecule has 4 aromatic carbocycles. The number of rotatable bonds is 7. The van der Waals surface area contributed by atoms with E-state index in [0.717, 1.165) is 51.3 Å². The summed E-state index contributed by atoms with van der Waals surface area (Å²) in [6, 6.07) is 30.9. The third-order valence-electron chi connectivity index (χ3n) is 5.70. The van der Waals surface area contributed by atoms with Gasteiger partial charge in [-0.1, -0.05) is 96.9 Å². The molecule has 0 fully saturated rings. The van der Waals surface area contributed by atoms with E-state index >= 15 is 0 Å². The summed E-state index contributed by atoms with van der Waals surface area (Å²) >= 11 is 0. The molecule has 0 amide bonds. The highest BCUT2D eigenvalue weighted by atomic mass is 16.5. The Kier molecular flexibility index (Phi) is 6.61. The average Bonchev–Trinajstić information content (AvgIpc) is 2.83. The van der Waals surface area contributed by atoms with Crippen LogP contribution in [0.15, 0.2) is 78.9 Å². The van der Waals surface area contributed by atoms with E-state index in [1.807, 2.05) is 18.2 Å². The highest BCUT2D eigenvalue weighted by Gasteiger charge is 2.22. The van der Waals surface area contributed by atoms with Gasteiger partial charge >= 0.3 is 0 Å². The third kappa shape index (κ3) is 4.55. The first-order chi connectivity index (χ1) is 15.6. The quantitative estimate of drug-likeness (QED) is 0.306. The number of hydrogen-bond donors (Lipinski definition) is 0. The van der Waals surface area contributed by atoms with Gasteiger partial charge in [0.05, 0.1) is 12.7 Å². The van der Waals surface area contributed by atoms with Crippen LogP contribution in [0.4, 0.5) is 0 Å². The SMILES string of the molecule is CCc1[c]c(-c2ccc(C)cc2)c(OC)c(-c2ccc(C)cc2)c1OCc1ccccc1. The molecule has 0 aliphatic heterocycles. The first-order valence-electron chi connectivity index (χ1n) is 11.1. The summed E-state index contributed by atoms with van der Waals surface area (Å²) in [5.41, 5.74) is 8.74. The molecule has 0 spiro atoms. The molecule has 0 saturated heterocycles. The minimum Gasteiger partial charge on any atom is -0.495 e. The lowest BCUT2D eigenvalue weighted by Gasteiger charge is -2.22. The van der Waals surface area contributed by atoms with Gasteiger partial charge in [0.25, 0.3) is 0 Å². The molecular weight excluding hydrogens is 392 g/mol. The molecule has 4 aromatic rings. The third-order valence-corrected chi connectivity index (χ3v) is 5.70. The second-order valence-corrected chi connectivity index (χ2v) is 8.08. The molecule has 0 aliphatic rings. The van der Waals surface area contributed by atoms with E-state index < -0.39 is 0 Å². The van der Waals surface area contributed by atoms with E-state index in [0.29, 0.717) is 6.61 Å². The van der Waals surface area contributed by atoms with E-state index in [1.165, 1.54) is 11.1 Å². The maximum atomic E-state index is 6.47. The molecule has 2 nitrogen and oxygen atoms in total. The lowest BCUT2D eigenvalue weighted by molar-refractivity contribution is 0.302. The van der Waals surface area contributed by atoms with E-state index in [1.54, 1.807) is 7.11 Å². The molecule has 32 heavy (non-hydrogen) atoms. The fraction of sp³-hybridized carbons (Fsp3) is 0.200. The van der Waals surface area contributed by atoms with Crippen molar-refractivity contribution in [3.63, 3.8) is 0 Å². The molecule has 0 N–H and O–H groups in total. The van der Waals surface area contributed by atoms with E-state index in [9.17, 15) is 0 Å². The van der Waals surface area contributed by atoms with Gasteiger partial charge in [0, 0.05) is 17.2 Å². The van der Waals surface area contributed by atoms with Gasteiger partial charge in [0.15, 0.2) is 0 Å². The molecule has 4 rings (SSSR count). The highest BCUT2D eigenvalue weighted by Crippen LogP contribution is 2.47. The second-order valence-electron chi connectivity index (χ2n) is 8.08. The van der Waals surface area contributed by atoms with Gasteiger partial charge in [0.1, 0.15) is 18.1 Å². The Morgan fingerprint density at radius 3 is 1.88 bits per heavy atom. The molecule has 0 aliphatic carbocycles. The van der Waals surface area contributed by atoms with Gasteiger partial charge in [0.2, 0.25) is 0 Å². The fourth-order valence-corrected chi connectivity index (χ4v) is 3.89. The van der Waals surface area contributed by atoms with Crippen LogP contribution in [0.2, 0.25) is 0 Å². The van der Waals surface area contributed by atoms with E-state index in [2.05, 4.69) is 87.5 Å². The van der Waals surface area contributed by atoms with Crippen LogP contribution >= 0.6 is 0 Å². The molecule has 161 valence electrons. The summed E-state index contributed by atoms with van der Waals surface area (Å²) in [5, 5.41) is 0. The first-order valence-corrected chi connectivity index (χ1v) is 11.1. The van der Waals surface area contributed by atoms with Crippen molar-refractivity contribution >= 4 is 0 Å². The summed E-state index contributed by atoms with van der Waals surface area (Å²) in [7, 11) is 1.73. The fourth-order valence-electron chi connectivity index (χ4n) is 3.89. The molecular formula is C30H29O2. The van der Waals surface area contributed by atoms with Crippen LogP contribution in [0.3, 0.4) is 0 Å². The van der Waals surface area contributed by atoms with Crippen LogP contribution in [0, 0.1) is 19.9 Å². The molecule has 0 atom stereocenters. The molecule has 1 radical (unpaired) electrons. The molecule has 0 aromatic heterocycles. The van der Waals surface area contributed by atoms with E-state index in [4.69, 9.17) is 9.47 Å². The first kappa shape index (κ1) is 21.7. The summed E-state index contributed by atoms with van der Waals surface area (Å²) in [5.74, 6) is 1.63. The van der Waals surface area contributed by atoms with Gasteiger partial charge in [-0.15, -0.1) is 0 Å². The van der Waals surface area contributed by atoms with Crippen molar-refractivity contribution < 1.29 is 9.47 Å². The monoisotopic (exact) mass is 421 g/mol. The van der Waals surface area contributed by atoms with Gasteiger partial charge < -0.3 is 9.47 Å². The number of benzene rings is 4. The highest BCUT2D eigenvalue weighted by molar-refractivity contribution is 5.87. The predicted octanol–water partition coefficient (Wildman–Crippen LogP) is 7.59. The van der Waals surface area contributed by atoms with Crippen molar-refractivity contribution in [3.05, 3.63) is 107 Å². The Balaban J connectivity index is 1.92. The van der Waals surface area contributed by atoms with Crippen molar-refractivity contribution in [1.29, 1.82) is 0 Å². The van der Waals surface area contributed by atoms with E-state index in [-0.39, 0.29) is 0 Å². The van der Waals surface area contributed by atoms with Gasteiger partial charge in [-0.25, -0.2) is 0 Å². The summed E-state index contributed by atoms with van der Waals surface area (Å²) in [4.78, 5) is 0. The predicted molar refractivity (Wildman–Crippen MR) is 132 cm³/mol. The topological polar surface area (TPSA) is 18.5 Å². The number of ether oxygens (including phenoxy) is 2. The van der Waals surface area contributed by atoms with Crippen LogP contribution in [0.25, 0.3) is 22.3 Å². The van der Waals surface area contributed by atoms with Crippen molar-refractivity contribution in [2.75, 3.05) is 7.11 Å². The average molecular weight is 422 g/mol. The largest absolute Gasteiger partial charge is 0.495 e. The Morgan fingerprint density at radius 1 is 0.719 bits per heavy atom. The molecule has 0 saturated carbocycles. The Bertz CT molecular complexity index is 1170. The zero-order valence-corrected chi connectivity index (χ0v) is 19.2. The molecule has 0 heterocycles. The molecule has 0 unspecified atom stereocenters. The van der Waals surface area contributed by atoms with Crippen LogP contribution in [0.1, 0.15) is 29.2 Å². The smallest absolute Gasteiger partial charge is 0.138 e. The zero-order chi connectivity index (χ0) is 22.5. The Hall–Kier alpha value is -3.52. The molecule has 0 bridgehead atoms. The number of methoxy groups -OCH3 is 1. The second kappa shape index (κ2) is 9.74. The lowest BCUT2D eigenvalue weighted by Crippen LogP contribution is -2.04. The maximum Gasteiger partial charge on any atom is 0.138 e. The summed E-state index contributed by atoms with van der Waals surface area (Å²) in [6.45, 7) is 6.83. The van der Waals surface area contributed by atoms with Crippen LogP contribution in [0.5, 0.6) is 11.5 Å². The van der Waals surface area contributed by atoms with Crippen LogP contribution in [-0.4, -0.2) is 7.11 Å². The van der Waals surface area contributed by atoms with Crippen molar-refractivity contribution in [2.45, 2.75) is 33.8 Å². The minimum atomic E-state index is 0.494. The number of hydrogen-bond acceptors (Lipinski definition) is 2. The van der Waals surface area contributed by atoms with Gasteiger partial charge in [-0.3, -0.25) is 0 Å². The number of aryl methyl sites for hydroxylation is 3. The Labute approximate surface area is 191 Å². The summed E-state index contributed by atoms with van der Waals surface area (Å²) < 4.78 is 12.5. The minimum absolute atomic E-state index is 0.494. The van der Waals surface area contributed by atoms with Crippen molar-refractivity contribution in [1.82, 2.24) is 0 Å². The Morgan fingerprint density at radius 2 is 1.31 bits per heavy atom.